The Morgan fingerprint density at radius 1 is 1.00 bits per heavy atom. The van der Waals surface area contributed by atoms with Crippen molar-refractivity contribution >= 4 is 11.7 Å². The van der Waals surface area contributed by atoms with Gasteiger partial charge < -0.3 is 10.2 Å². The molecule has 1 N–H and O–H groups in total. The molecule has 0 atom stereocenters. The van der Waals surface area contributed by atoms with E-state index in [2.05, 4.69) is 5.32 Å². The minimum Gasteiger partial charge on any atom is -0.383 e. The Morgan fingerprint density at radius 3 is 1.95 bits per heavy atom. The summed E-state index contributed by atoms with van der Waals surface area (Å²) in [4.78, 5) is 26.0. The molecule has 0 aromatic carbocycles. The van der Waals surface area contributed by atoms with Crippen LogP contribution < -0.4 is 5.32 Å². The number of Topliss-reactive ketones (excluding diaryl/α,β-unsaturated/α-hetero) is 1. The molecular formula is C17H26N2O2. The van der Waals surface area contributed by atoms with Crippen LogP contribution in [0.15, 0.2) is 11.8 Å². The summed E-state index contributed by atoms with van der Waals surface area (Å²) in [6.45, 7) is 1.46. The third kappa shape index (κ3) is 2.85. The van der Waals surface area contributed by atoms with Crippen LogP contribution in [-0.2, 0) is 9.59 Å². The average molecular weight is 290 g/mol. The standard InChI is InChI=1S/C17H26N2O2/c1-10(20)15(9-19(2)3)17(21)18-16-13-5-11-4-12(7-13)8-14(16)6-11/h9,11-14,16H,4-8H2,1-3H3,(H,18,21)/b15-9-. The van der Waals surface area contributed by atoms with Gasteiger partial charge in [-0.3, -0.25) is 9.59 Å². The summed E-state index contributed by atoms with van der Waals surface area (Å²) in [6.07, 6.45) is 8.12. The number of hydrogen-bond donors (Lipinski definition) is 1. The molecule has 4 rings (SSSR count). The van der Waals surface area contributed by atoms with E-state index < -0.39 is 0 Å². The zero-order chi connectivity index (χ0) is 15.1. The lowest BCUT2D eigenvalue weighted by Crippen LogP contribution is -2.56. The summed E-state index contributed by atoms with van der Waals surface area (Å²) < 4.78 is 0. The van der Waals surface area contributed by atoms with Crippen molar-refractivity contribution in [1.29, 1.82) is 0 Å². The van der Waals surface area contributed by atoms with Crippen LogP contribution in [0.3, 0.4) is 0 Å². The Morgan fingerprint density at radius 2 is 1.52 bits per heavy atom. The molecule has 0 radical (unpaired) electrons. The molecule has 0 unspecified atom stereocenters. The molecule has 21 heavy (non-hydrogen) atoms. The number of nitrogens with one attached hydrogen (secondary N) is 1. The number of nitrogens with zero attached hydrogens (tertiary/aromatic N) is 1. The van der Waals surface area contributed by atoms with E-state index in [1.54, 1.807) is 11.1 Å². The van der Waals surface area contributed by atoms with Crippen molar-refractivity contribution in [2.75, 3.05) is 14.1 Å². The quantitative estimate of drug-likeness (QED) is 0.489. The summed E-state index contributed by atoms with van der Waals surface area (Å²) in [6, 6.07) is 0.287. The highest BCUT2D eigenvalue weighted by molar-refractivity contribution is 6.18. The van der Waals surface area contributed by atoms with Gasteiger partial charge in [-0.25, -0.2) is 0 Å². The van der Waals surface area contributed by atoms with Crippen LogP contribution in [0.5, 0.6) is 0 Å². The molecule has 4 fully saturated rings. The highest BCUT2D eigenvalue weighted by atomic mass is 16.2. The summed E-state index contributed by atoms with van der Waals surface area (Å²) in [5, 5.41) is 3.19. The van der Waals surface area contributed by atoms with Crippen molar-refractivity contribution in [1.82, 2.24) is 10.2 Å². The van der Waals surface area contributed by atoms with Gasteiger partial charge in [-0.2, -0.15) is 0 Å². The van der Waals surface area contributed by atoms with Crippen LogP contribution in [0.25, 0.3) is 0 Å². The molecule has 4 aliphatic carbocycles. The molecule has 4 aliphatic rings. The SMILES string of the molecule is CC(=O)/C(=C/N(C)C)C(=O)NC1C2CC3CC(C2)CC1C3. The Kier molecular flexibility index (Phi) is 3.80. The molecule has 0 aromatic heterocycles. The van der Waals surface area contributed by atoms with Crippen molar-refractivity contribution in [3.63, 3.8) is 0 Å². The second-order valence-corrected chi connectivity index (χ2v) is 7.49. The number of ketones is 1. The fourth-order valence-corrected chi connectivity index (χ4v) is 4.96. The summed E-state index contributed by atoms with van der Waals surface area (Å²) in [5.74, 6) is 2.71. The van der Waals surface area contributed by atoms with Crippen LogP contribution in [0.2, 0.25) is 0 Å². The van der Waals surface area contributed by atoms with Gasteiger partial charge in [0.25, 0.3) is 5.91 Å². The summed E-state index contributed by atoms with van der Waals surface area (Å²) >= 11 is 0. The lowest BCUT2D eigenvalue weighted by atomic mass is 9.54. The third-order valence-corrected chi connectivity index (χ3v) is 5.54. The molecule has 4 bridgehead atoms. The molecular weight excluding hydrogens is 264 g/mol. The minimum atomic E-state index is -0.186. The first kappa shape index (κ1) is 14.6. The van der Waals surface area contributed by atoms with Crippen molar-refractivity contribution in [2.24, 2.45) is 23.7 Å². The highest BCUT2D eigenvalue weighted by Gasteiger charge is 2.48. The molecule has 0 spiro atoms. The molecule has 1 amide bonds. The van der Waals surface area contributed by atoms with Gasteiger partial charge >= 0.3 is 0 Å². The molecule has 0 aliphatic heterocycles. The lowest BCUT2D eigenvalue weighted by Gasteiger charge is -2.54. The summed E-state index contributed by atoms with van der Waals surface area (Å²) in [7, 11) is 3.66. The van der Waals surface area contributed by atoms with Gasteiger partial charge in [0.15, 0.2) is 5.78 Å². The average Bonchev–Trinajstić information content (AvgIpc) is 2.38. The second-order valence-electron chi connectivity index (χ2n) is 7.49. The van der Waals surface area contributed by atoms with Crippen molar-refractivity contribution in [3.8, 4) is 0 Å². The van der Waals surface area contributed by atoms with E-state index in [4.69, 9.17) is 0 Å². The first-order chi connectivity index (χ1) is 9.94. The number of carbonyl (C=O) groups excluding carboxylic acids is 2. The van der Waals surface area contributed by atoms with E-state index in [1.807, 2.05) is 14.1 Å². The van der Waals surface area contributed by atoms with Gasteiger partial charge in [0.1, 0.15) is 0 Å². The van der Waals surface area contributed by atoms with E-state index in [0.29, 0.717) is 11.8 Å². The summed E-state index contributed by atoms with van der Waals surface area (Å²) in [5.41, 5.74) is 0.272. The highest BCUT2D eigenvalue weighted by Crippen LogP contribution is 2.53. The van der Waals surface area contributed by atoms with Crippen LogP contribution in [0.4, 0.5) is 0 Å². The fourth-order valence-electron chi connectivity index (χ4n) is 4.96. The van der Waals surface area contributed by atoms with Crippen LogP contribution in [-0.4, -0.2) is 36.7 Å². The molecule has 0 saturated heterocycles. The van der Waals surface area contributed by atoms with Crippen LogP contribution in [0, 0.1) is 23.7 Å². The molecule has 4 nitrogen and oxygen atoms in total. The van der Waals surface area contributed by atoms with Gasteiger partial charge in [0.05, 0.1) is 5.57 Å². The van der Waals surface area contributed by atoms with Gasteiger partial charge in [0.2, 0.25) is 0 Å². The largest absolute Gasteiger partial charge is 0.383 e. The van der Waals surface area contributed by atoms with E-state index in [0.717, 1.165) is 11.8 Å². The van der Waals surface area contributed by atoms with E-state index in [-0.39, 0.29) is 23.3 Å². The molecule has 0 heterocycles. The van der Waals surface area contributed by atoms with Gasteiger partial charge in [-0.05, 0) is 62.7 Å². The fraction of sp³-hybridized carbons (Fsp3) is 0.765. The number of carbonyl (C=O) groups is 2. The predicted octanol–water partition coefficient (Wildman–Crippen LogP) is 1.96. The number of rotatable bonds is 4. The van der Waals surface area contributed by atoms with E-state index in [9.17, 15) is 9.59 Å². The smallest absolute Gasteiger partial charge is 0.256 e. The first-order valence-electron chi connectivity index (χ1n) is 8.14. The Balaban J connectivity index is 1.71. The maximum atomic E-state index is 12.5. The van der Waals surface area contributed by atoms with Crippen LogP contribution in [0.1, 0.15) is 39.0 Å². The van der Waals surface area contributed by atoms with Crippen molar-refractivity contribution in [2.45, 2.75) is 45.1 Å². The van der Waals surface area contributed by atoms with Crippen LogP contribution >= 0.6 is 0 Å². The van der Waals surface area contributed by atoms with E-state index >= 15 is 0 Å². The van der Waals surface area contributed by atoms with Crippen molar-refractivity contribution < 1.29 is 9.59 Å². The van der Waals surface area contributed by atoms with Gasteiger partial charge in [-0.15, -0.1) is 0 Å². The Labute approximate surface area is 127 Å². The van der Waals surface area contributed by atoms with Gasteiger partial charge in [-0.1, -0.05) is 0 Å². The zero-order valence-electron chi connectivity index (χ0n) is 13.3. The number of hydrogen-bond acceptors (Lipinski definition) is 3. The monoisotopic (exact) mass is 290 g/mol. The lowest BCUT2D eigenvalue weighted by molar-refractivity contribution is -0.124. The molecule has 116 valence electrons. The Hall–Kier alpha value is -1.32. The van der Waals surface area contributed by atoms with E-state index in [1.165, 1.54) is 39.0 Å². The number of amides is 1. The maximum Gasteiger partial charge on any atom is 0.256 e. The maximum absolute atomic E-state index is 12.5. The molecule has 4 saturated carbocycles. The molecule has 4 heteroatoms. The Bertz CT molecular complexity index is 453. The van der Waals surface area contributed by atoms with Crippen molar-refractivity contribution in [3.05, 3.63) is 11.8 Å². The molecule has 0 aromatic rings. The zero-order valence-corrected chi connectivity index (χ0v) is 13.3. The normalized spacial score (nSPS) is 37.5. The first-order valence-corrected chi connectivity index (χ1v) is 8.14. The topological polar surface area (TPSA) is 49.4 Å². The predicted molar refractivity (Wildman–Crippen MR) is 81.4 cm³/mol. The second kappa shape index (κ2) is 5.47. The minimum absolute atomic E-state index is 0.162. The van der Waals surface area contributed by atoms with Gasteiger partial charge in [0, 0.05) is 26.3 Å². The third-order valence-electron chi connectivity index (χ3n) is 5.54.